The Balaban J connectivity index is 1.76. The molecule has 0 spiro atoms. The van der Waals surface area contributed by atoms with Gasteiger partial charge < -0.3 is 10.3 Å². The van der Waals surface area contributed by atoms with Crippen LogP contribution in [0, 0.1) is 0 Å². The zero-order chi connectivity index (χ0) is 20.0. The van der Waals surface area contributed by atoms with Gasteiger partial charge in [-0.1, -0.05) is 41.9 Å². The van der Waals surface area contributed by atoms with Crippen LogP contribution < -0.4 is 11.2 Å². The number of pyridine rings is 1. The van der Waals surface area contributed by atoms with E-state index in [1.165, 1.54) is 11.3 Å². The first kappa shape index (κ1) is 18.1. The molecule has 0 amide bonds. The van der Waals surface area contributed by atoms with Crippen LogP contribution in [0.25, 0.3) is 26.8 Å². The van der Waals surface area contributed by atoms with Crippen molar-refractivity contribution in [2.75, 3.05) is 0 Å². The van der Waals surface area contributed by atoms with E-state index in [1.807, 2.05) is 65.4 Å². The minimum absolute atomic E-state index is 0.101. The fraction of sp³-hybridized carbons (Fsp3) is 0.0435. The minimum Gasteiger partial charge on any atom is -0.318 e. The maximum atomic E-state index is 13.3. The minimum atomic E-state index is -0.616. The van der Waals surface area contributed by atoms with Crippen LogP contribution in [0.3, 0.4) is 0 Å². The number of hydrogen-bond acceptors (Lipinski definition) is 4. The third-order valence-corrected chi connectivity index (χ3v) is 6.29. The molecule has 0 aliphatic rings. The van der Waals surface area contributed by atoms with Gasteiger partial charge in [0, 0.05) is 27.9 Å². The maximum absolute atomic E-state index is 13.3. The van der Waals surface area contributed by atoms with Crippen LogP contribution in [0.1, 0.15) is 16.6 Å². The van der Waals surface area contributed by atoms with E-state index in [9.17, 15) is 4.79 Å². The summed E-state index contributed by atoms with van der Waals surface area (Å²) in [5.74, 6) is 0. The molecule has 4 nitrogen and oxygen atoms in total. The van der Waals surface area contributed by atoms with Crippen molar-refractivity contribution < 1.29 is 0 Å². The Morgan fingerprint density at radius 3 is 2.55 bits per heavy atom. The van der Waals surface area contributed by atoms with Gasteiger partial charge >= 0.3 is 0 Å². The van der Waals surface area contributed by atoms with Crippen LogP contribution in [0.4, 0.5) is 0 Å². The van der Waals surface area contributed by atoms with Crippen molar-refractivity contribution in [1.82, 2.24) is 9.55 Å². The molecule has 142 valence electrons. The second-order valence-corrected chi connectivity index (χ2v) is 8.28. The molecule has 0 fully saturated rings. The first-order chi connectivity index (χ1) is 14.1. The number of para-hydroxylation sites is 2. The molecule has 3 aromatic carbocycles. The smallest absolute Gasteiger partial charge is 0.194 e. The molecule has 5 rings (SSSR count). The number of nitrogens with two attached hydrogens (primary N) is 1. The molecule has 5 aromatic rings. The summed E-state index contributed by atoms with van der Waals surface area (Å²) in [6.45, 7) is 0. The Morgan fingerprint density at radius 1 is 1.00 bits per heavy atom. The van der Waals surface area contributed by atoms with E-state index in [4.69, 9.17) is 17.3 Å². The number of thiazole rings is 1. The summed E-state index contributed by atoms with van der Waals surface area (Å²) < 4.78 is 3.01. The lowest BCUT2D eigenvalue weighted by Crippen LogP contribution is -2.23. The molecule has 29 heavy (non-hydrogen) atoms. The van der Waals surface area contributed by atoms with Crippen LogP contribution in [0.2, 0.25) is 5.02 Å². The Labute approximate surface area is 175 Å². The van der Waals surface area contributed by atoms with E-state index in [1.54, 1.807) is 18.2 Å². The van der Waals surface area contributed by atoms with Gasteiger partial charge in [0.05, 0.1) is 21.8 Å². The third kappa shape index (κ3) is 3.13. The monoisotopic (exact) mass is 417 g/mol. The van der Waals surface area contributed by atoms with Gasteiger partial charge in [-0.3, -0.25) is 4.79 Å². The van der Waals surface area contributed by atoms with Gasteiger partial charge in [0.25, 0.3) is 0 Å². The Hall–Kier alpha value is -2.99. The summed E-state index contributed by atoms with van der Waals surface area (Å²) in [6.07, 6.45) is 1.81. The van der Waals surface area contributed by atoms with Crippen LogP contribution in [-0.4, -0.2) is 9.55 Å². The largest absolute Gasteiger partial charge is 0.318 e. The van der Waals surface area contributed by atoms with Gasteiger partial charge in [-0.2, -0.15) is 0 Å². The van der Waals surface area contributed by atoms with Gasteiger partial charge in [-0.15, -0.1) is 11.3 Å². The first-order valence-electron chi connectivity index (χ1n) is 9.13. The third-order valence-electron chi connectivity index (χ3n) is 4.94. The molecule has 0 aliphatic carbocycles. The average Bonchev–Trinajstić information content (AvgIpc) is 3.18. The normalized spacial score (nSPS) is 12.5. The SMILES string of the molecule is NC(c1nc2ccccc2s1)c1cn(-c2ccccc2)c2cc(Cl)ccc2c1=O. The number of rotatable bonds is 3. The van der Waals surface area contributed by atoms with Crippen molar-refractivity contribution in [3.05, 3.63) is 105 Å². The van der Waals surface area contributed by atoms with Crippen LogP contribution in [-0.2, 0) is 0 Å². The molecule has 0 saturated carbocycles. The number of aromatic nitrogens is 2. The number of fused-ring (bicyclic) bond motifs is 2. The molecule has 2 aromatic heterocycles. The summed E-state index contributed by atoms with van der Waals surface area (Å²) in [7, 11) is 0. The van der Waals surface area contributed by atoms with Crippen molar-refractivity contribution in [2.24, 2.45) is 5.73 Å². The van der Waals surface area contributed by atoms with E-state index < -0.39 is 6.04 Å². The molecule has 0 radical (unpaired) electrons. The van der Waals surface area contributed by atoms with Crippen LogP contribution >= 0.6 is 22.9 Å². The predicted molar refractivity (Wildman–Crippen MR) is 120 cm³/mol. The van der Waals surface area contributed by atoms with Crippen molar-refractivity contribution in [3.63, 3.8) is 0 Å². The average molecular weight is 418 g/mol. The fourth-order valence-electron chi connectivity index (χ4n) is 3.50. The van der Waals surface area contributed by atoms with Crippen molar-refractivity contribution in [2.45, 2.75) is 6.04 Å². The molecular weight excluding hydrogens is 402 g/mol. The lowest BCUT2D eigenvalue weighted by molar-refractivity contribution is 0.839. The highest BCUT2D eigenvalue weighted by Crippen LogP contribution is 2.29. The molecule has 2 N–H and O–H groups in total. The Morgan fingerprint density at radius 2 is 1.76 bits per heavy atom. The van der Waals surface area contributed by atoms with Gasteiger partial charge in [-0.25, -0.2) is 4.98 Å². The molecule has 0 bridgehead atoms. The van der Waals surface area contributed by atoms with Gasteiger partial charge in [0.1, 0.15) is 5.01 Å². The van der Waals surface area contributed by atoms with Crippen molar-refractivity contribution in [1.29, 1.82) is 0 Å². The molecule has 1 atom stereocenters. The number of hydrogen-bond donors (Lipinski definition) is 1. The molecule has 0 saturated heterocycles. The second kappa shape index (κ2) is 7.12. The second-order valence-electron chi connectivity index (χ2n) is 6.78. The molecular formula is C23H16ClN3OS. The summed E-state index contributed by atoms with van der Waals surface area (Å²) in [4.78, 5) is 17.9. The van der Waals surface area contributed by atoms with E-state index >= 15 is 0 Å². The van der Waals surface area contributed by atoms with Crippen molar-refractivity contribution >= 4 is 44.1 Å². The zero-order valence-electron chi connectivity index (χ0n) is 15.2. The Bertz CT molecular complexity index is 1380. The molecule has 0 aliphatic heterocycles. The fourth-order valence-corrected chi connectivity index (χ4v) is 4.65. The summed E-state index contributed by atoms with van der Waals surface area (Å²) in [5, 5.41) is 1.87. The highest BCUT2D eigenvalue weighted by Gasteiger charge is 2.20. The number of nitrogens with zero attached hydrogens (tertiary/aromatic N) is 2. The van der Waals surface area contributed by atoms with E-state index in [2.05, 4.69) is 4.98 Å². The van der Waals surface area contributed by atoms with Crippen LogP contribution in [0.5, 0.6) is 0 Å². The molecule has 1 unspecified atom stereocenters. The lowest BCUT2D eigenvalue weighted by atomic mass is 10.1. The van der Waals surface area contributed by atoms with Gasteiger partial charge in [0.2, 0.25) is 0 Å². The van der Waals surface area contributed by atoms with Gasteiger partial charge in [-0.05, 0) is 42.5 Å². The standard InChI is InChI=1S/C23H16ClN3OS/c24-14-10-11-16-19(12-14)27(15-6-2-1-3-7-15)13-17(22(16)28)21(25)23-26-18-8-4-5-9-20(18)29-23/h1-13,21H,25H2. The van der Waals surface area contributed by atoms with E-state index in [0.717, 1.165) is 26.4 Å². The van der Waals surface area contributed by atoms with Gasteiger partial charge in [0.15, 0.2) is 5.43 Å². The van der Waals surface area contributed by atoms with Crippen LogP contribution in [0.15, 0.2) is 83.8 Å². The highest BCUT2D eigenvalue weighted by atomic mass is 35.5. The summed E-state index contributed by atoms with van der Waals surface area (Å²) in [6, 6.07) is 22.4. The topological polar surface area (TPSA) is 60.9 Å². The quantitative estimate of drug-likeness (QED) is 0.433. The highest BCUT2D eigenvalue weighted by molar-refractivity contribution is 7.18. The predicted octanol–water partition coefficient (Wildman–Crippen LogP) is 5.30. The summed E-state index contributed by atoms with van der Waals surface area (Å²) in [5.41, 5.74) is 9.52. The Kier molecular flexibility index (Phi) is 4.43. The van der Waals surface area contributed by atoms with E-state index in [0.29, 0.717) is 16.0 Å². The zero-order valence-corrected chi connectivity index (χ0v) is 16.8. The molecule has 2 heterocycles. The van der Waals surface area contributed by atoms with Crippen molar-refractivity contribution in [3.8, 4) is 5.69 Å². The van der Waals surface area contributed by atoms with E-state index in [-0.39, 0.29) is 5.43 Å². The first-order valence-corrected chi connectivity index (χ1v) is 10.3. The maximum Gasteiger partial charge on any atom is 0.194 e. The lowest BCUT2D eigenvalue weighted by Gasteiger charge is -2.16. The molecule has 6 heteroatoms. The number of halogens is 1. The number of benzene rings is 3. The summed E-state index contributed by atoms with van der Waals surface area (Å²) >= 11 is 7.74.